The standard InChI is InChI=1S/C18H26/c1-8-15-10-16(13(4)5)18(9-12(2)3)17(11-15)14(6)7/h8,10-11,13-14H,1-2,9H2,3-7H3. The molecule has 1 rings (SSSR count). The van der Waals surface area contributed by atoms with Gasteiger partial charge in [0, 0.05) is 0 Å². The first-order valence-corrected chi connectivity index (χ1v) is 6.80. The fourth-order valence-corrected chi connectivity index (χ4v) is 2.40. The molecule has 0 fully saturated rings. The molecule has 0 saturated carbocycles. The Bertz CT molecular complexity index is 418. The molecule has 1 aromatic rings. The zero-order valence-electron chi connectivity index (χ0n) is 12.5. The molecular weight excluding hydrogens is 216 g/mol. The lowest BCUT2D eigenvalue weighted by Crippen LogP contribution is -2.05. The van der Waals surface area contributed by atoms with E-state index in [1.165, 1.54) is 27.8 Å². The van der Waals surface area contributed by atoms with Crippen molar-refractivity contribution in [3.63, 3.8) is 0 Å². The molecule has 0 atom stereocenters. The highest BCUT2D eigenvalue weighted by molar-refractivity contribution is 5.55. The zero-order chi connectivity index (χ0) is 13.9. The van der Waals surface area contributed by atoms with Gasteiger partial charge < -0.3 is 0 Å². The number of benzene rings is 1. The van der Waals surface area contributed by atoms with Gasteiger partial charge in [-0.1, -0.05) is 64.6 Å². The quantitative estimate of drug-likeness (QED) is 0.581. The van der Waals surface area contributed by atoms with E-state index in [4.69, 9.17) is 0 Å². The minimum absolute atomic E-state index is 0.539. The highest BCUT2D eigenvalue weighted by Gasteiger charge is 2.15. The van der Waals surface area contributed by atoms with E-state index in [9.17, 15) is 0 Å². The summed E-state index contributed by atoms with van der Waals surface area (Å²) in [5.74, 6) is 1.08. The van der Waals surface area contributed by atoms with E-state index in [0.717, 1.165) is 6.42 Å². The van der Waals surface area contributed by atoms with Gasteiger partial charge >= 0.3 is 0 Å². The van der Waals surface area contributed by atoms with Gasteiger partial charge in [0.2, 0.25) is 0 Å². The monoisotopic (exact) mass is 242 g/mol. The van der Waals surface area contributed by atoms with Crippen molar-refractivity contribution < 1.29 is 0 Å². The summed E-state index contributed by atoms with van der Waals surface area (Å²) in [6.07, 6.45) is 2.93. The fourth-order valence-electron chi connectivity index (χ4n) is 2.40. The summed E-state index contributed by atoms with van der Waals surface area (Å²) < 4.78 is 0. The highest BCUT2D eigenvalue weighted by Crippen LogP contribution is 2.31. The molecule has 0 spiro atoms. The Hall–Kier alpha value is -1.30. The van der Waals surface area contributed by atoms with Crippen LogP contribution in [0.2, 0.25) is 0 Å². The average molecular weight is 242 g/mol. The third-order valence-electron chi connectivity index (χ3n) is 3.30. The average Bonchev–Trinajstić information content (AvgIpc) is 2.27. The Morgan fingerprint density at radius 2 is 1.56 bits per heavy atom. The molecule has 0 N–H and O–H groups in total. The Morgan fingerprint density at radius 3 is 1.83 bits per heavy atom. The number of allylic oxidation sites excluding steroid dienone is 1. The molecule has 0 bridgehead atoms. The fraction of sp³-hybridized carbons (Fsp3) is 0.444. The first kappa shape index (κ1) is 14.8. The lowest BCUT2D eigenvalue weighted by Gasteiger charge is -2.21. The molecule has 0 amide bonds. The summed E-state index contributed by atoms with van der Waals surface area (Å²) in [7, 11) is 0. The van der Waals surface area contributed by atoms with Crippen LogP contribution < -0.4 is 0 Å². The minimum Gasteiger partial charge on any atom is -0.0998 e. The second kappa shape index (κ2) is 6.04. The molecule has 0 nitrogen and oxygen atoms in total. The summed E-state index contributed by atoms with van der Waals surface area (Å²) >= 11 is 0. The van der Waals surface area contributed by atoms with Gasteiger partial charge in [0.05, 0.1) is 0 Å². The van der Waals surface area contributed by atoms with E-state index < -0.39 is 0 Å². The van der Waals surface area contributed by atoms with Crippen molar-refractivity contribution in [2.24, 2.45) is 0 Å². The van der Waals surface area contributed by atoms with Crippen LogP contribution in [-0.2, 0) is 6.42 Å². The molecule has 0 saturated heterocycles. The zero-order valence-corrected chi connectivity index (χ0v) is 12.5. The van der Waals surface area contributed by atoms with Crippen LogP contribution >= 0.6 is 0 Å². The van der Waals surface area contributed by atoms with Gasteiger partial charge in [-0.2, -0.15) is 0 Å². The van der Waals surface area contributed by atoms with Gasteiger partial charge in [-0.25, -0.2) is 0 Å². The van der Waals surface area contributed by atoms with Crippen LogP contribution in [0, 0.1) is 0 Å². The molecule has 18 heavy (non-hydrogen) atoms. The van der Waals surface area contributed by atoms with Gasteiger partial charge in [0.15, 0.2) is 0 Å². The SMILES string of the molecule is C=Cc1cc(C(C)C)c(CC(=C)C)c(C(C)C)c1. The normalized spacial score (nSPS) is 11.1. The van der Waals surface area contributed by atoms with Crippen molar-refractivity contribution >= 4 is 6.08 Å². The van der Waals surface area contributed by atoms with Crippen LogP contribution in [0.4, 0.5) is 0 Å². The number of hydrogen-bond donors (Lipinski definition) is 0. The van der Waals surface area contributed by atoms with Crippen LogP contribution in [0.5, 0.6) is 0 Å². The molecule has 0 heterocycles. The predicted octanol–water partition coefficient (Wildman–Crippen LogP) is 5.70. The van der Waals surface area contributed by atoms with Crippen molar-refractivity contribution in [3.8, 4) is 0 Å². The van der Waals surface area contributed by atoms with Gasteiger partial charge in [-0.05, 0) is 47.4 Å². The lowest BCUT2D eigenvalue weighted by atomic mass is 9.84. The van der Waals surface area contributed by atoms with Crippen molar-refractivity contribution in [2.45, 2.75) is 52.9 Å². The maximum Gasteiger partial charge on any atom is -0.00669 e. The lowest BCUT2D eigenvalue weighted by molar-refractivity contribution is 0.803. The molecular formula is C18H26. The molecule has 0 aliphatic carbocycles. The Balaban J connectivity index is 3.49. The second-order valence-electron chi connectivity index (χ2n) is 5.83. The first-order chi connectivity index (χ1) is 8.36. The number of hydrogen-bond acceptors (Lipinski definition) is 0. The van der Waals surface area contributed by atoms with Gasteiger partial charge in [-0.15, -0.1) is 0 Å². The Kier molecular flexibility index (Phi) is 4.95. The predicted molar refractivity (Wildman–Crippen MR) is 83.2 cm³/mol. The Morgan fingerprint density at radius 1 is 1.11 bits per heavy atom. The van der Waals surface area contributed by atoms with E-state index in [1.54, 1.807) is 0 Å². The van der Waals surface area contributed by atoms with E-state index in [-0.39, 0.29) is 0 Å². The third-order valence-corrected chi connectivity index (χ3v) is 3.30. The molecule has 1 aromatic carbocycles. The maximum atomic E-state index is 4.07. The maximum absolute atomic E-state index is 4.07. The highest BCUT2D eigenvalue weighted by atomic mass is 14.2. The van der Waals surface area contributed by atoms with Crippen LogP contribution in [0.3, 0.4) is 0 Å². The second-order valence-corrected chi connectivity index (χ2v) is 5.83. The van der Waals surface area contributed by atoms with Gasteiger partial charge in [0.1, 0.15) is 0 Å². The first-order valence-electron chi connectivity index (χ1n) is 6.80. The van der Waals surface area contributed by atoms with Gasteiger partial charge in [0.25, 0.3) is 0 Å². The van der Waals surface area contributed by atoms with Crippen molar-refractivity contribution in [1.82, 2.24) is 0 Å². The molecule has 98 valence electrons. The molecule has 0 unspecified atom stereocenters. The molecule has 0 heteroatoms. The molecule has 0 aliphatic rings. The van der Waals surface area contributed by atoms with E-state index in [0.29, 0.717) is 11.8 Å². The molecule has 0 aromatic heterocycles. The largest absolute Gasteiger partial charge is 0.0998 e. The van der Waals surface area contributed by atoms with Crippen molar-refractivity contribution in [1.29, 1.82) is 0 Å². The van der Waals surface area contributed by atoms with Gasteiger partial charge in [-0.3, -0.25) is 0 Å². The summed E-state index contributed by atoms with van der Waals surface area (Å²) in [6, 6.07) is 4.56. The van der Waals surface area contributed by atoms with Crippen LogP contribution in [0.15, 0.2) is 30.9 Å². The Labute approximate surface area is 112 Å². The summed E-state index contributed by atoms with van der Waals surface area (Å²) in [6.45, 7) is 19.1. The van der Waals surface area contributed by atoms with E-state index >= 15 is 0 Å². The summed E-state index contributed by atoms with van der Waals surface area (Å²) in [4.78, 5) is 0. The smallest absolute Gasteiger partial charge is 0.00669 e. The van der Waals surface area contributed by atoms with Crippen LogP contribution in [0.25, 0.3) is 6.08 Å². The van der Waals surface area contributed by atoms with E-state index in [1.807, 2.05) is 6.08 Å². The van der Waals surface area contributed by atoms with E-state index in [2.05, 4.69) is 59.9 Å². The summed E-state index contributed by atoms with van der Waals surface area (Å²) in [5, 5.41) is 0. The number of rotatable bonds is 5. The van der Waals surface area contributed by atoms with Crippen molar-refractivity contribution in [2.75, 3.05) is 0 Å². The molecule has 0 aliphatic heterocycles. The molecule has 0 radical (unpaired) electrons. The summed E-state index contributed by atoms with van der Waals surface area (Å²) in [5.41, 5.74) is 6.81. The minimum atomic E-state index is 0.539. The van der Waals surface area contributed by atoms with Crippen LogP contribution in [-0.4, -0.2) is 0 Å². The topological polar surface area (TPSA) is 0 Å². The van der Waals surface area contributed by atoms with Crippen molar-refractivity contribution in [3.05, 3.63) is 53.1 Å². The van der Waals surface area contributed by atoms with Crippen LogP contribution in [0.1, 0.15) is 68.7 Å². The third kappa shape index (κ3) is 3.35.